The van der Waals surface area contributed by atoms with Crippen LogP contribution in [0.5, 0.6) is 11.5 Å². The second kappa shape index (κ2) is 8.83. The number of carbonyl (C=O) groups is 1. The molecule has 0 radical (unpaired) electrons. The van der Waals surface area contributed by atoms with Crippen molar-refractivity contribution in [2.75, 3.05) is 20.8 Å². The minimum Gasteiger partial charge on any atom is -0.497 e. The molecule has 1 N–H and O–H groups in total. The van der Waals surface area contributed by atoms with Gasteiger partial charge in [0.15, 0.2) is 0 Å². The van der Waals surface area contributed by atoms with Crippen LogP contribution in [0.1, 0.15) is 28.8 Å². The highest BCUT2D eigenvalue weighted by Crippen LogP contribution is 2.17. The molecule has 2 rings (SSSR count). The molecule has 0 spiro atoms. The van der Waals surface area contributed by atoms with Crippen molar-refractivity contribution in [1.29, 1.82) is 0 Å². The Morgan fingerprint density at radius 2 is 1.70 bits per heavy atom. The number of nitrogens with one attached hydrogen (secondary N) is 1. The molecule has 0 atom stereocenters. The van der Waals surface area contributed by atoms with Crippen LogP contribution in [0.2, 0.25) is 0 Å². The van der Waals surface area contributed by atoms with Crippen molar-refractivity contribution in [3.05, 3.63) is 59.7 Å². The van der Waals surface area contributed by atoms with Crippen LogP contribution >= 0.6 is 0 Å². The van der Waals surface area contributed by atoms with Gasteiger partial charge in [0.25, 0.3) is 5.91 Å². The van der Waals surface area contributed by atoms with Crippen molar-refractivity contribution >= 4 is 5.91 Å². The van der Waals surface area contributed by atoms with Crippen molar-refractivity contribution in [3.8, 4) is 11.5 Å². The zero-order valence-corrected chi connectivity index (χ0v) is 13.7. The summed E-state index contributed by atoms with van der Waals surface area (Å²) >= 11 is 0. The topological polar surface area (TPSA) is 47.6 Å². The van der Waals surface area contributed by atoms with Crippen molar-refractivity contribution < 1.29 is 14.3 Å². The molecule has 0 saturated heterocycles. The van der Waals surface area contributed by atoms with Gasteiger partial charge in [-0.15, -0.1) is 0 Å². The Morgan fingerprint density at radius 3 is 2.39 bits per heavy atom. The van der Waals surface area contributed by atoms with Gasteiger partial charge in [-0.25, -0.2) is 0 Å². The summed E-state index contributed by atoms with van der Waals surface area (Å²) < 4.78 is 10.3. The van der Waals surface area contributed by atoms with Gasteiger partial charge in [-0.2, -0.15) is 0 Å². The predicted octanol–water partition coefficient (Wildman–Crippen LogP) is 3.46. The fraction of sp³-hybridized carbons (Fsp3) is 0.316. The molecule has 4 heteroatoms. The zero-order valence-electron chi connectivity index (χ0n) is 13.7. The maximum Gasteiger partial charge on any atom is 0.255 e. The monoisotopic (exact) mass is 313 g/mol. The van der Waals surface area contributed by atoms with E-state index < -0.39 is 0 Å². The first-order valence-electron chi connectivity index (χ1n) is 7.78. The van der Waals surface area contributed by atoms with Gasteiger partial charge in [-0.3, -0.25) is 4.79 Å². The summed E-state index contributed by atoms with van der Waals surface area (Å²) in [6, 6.07) is 15.3. The summed E-state index contributed by atoms with van der Waals surface area (Å²) in [7, 11) is 3.24. The number of rotatable bonds is 8. The Morgan fingerprint density at radius 1 is 0.957 bits per heavy atom. The van der Waals surface area contributed by atoms with Gasteiger partial charge in [-0.05, 0) is 49.1 Å². The minimum absolute atomic E-state index is 0.0908. The summed E-state index contributed by atoms with van der Waals surface area (Å²) in [6.45, 7) is 0.660. The molecule has 122 valence electrons. The number of para-hydroxylation sites is 1. The molecule has 2 aromatic carbocycles. The van der Waals surface area contributed by atoms with Gasteiger partial charge >= 0.3 is 0 Å². The lowest BCUT2D eigenvalue weighted by atomic mass is 10.1. The summed E-state index contributed by atoms with van der Waals surface area (Å²) in [6.07, 6.45) is 2.96. The third-order valence-electron chi connectivity index (χ3n) is 3.69. The SMILES string of the molecule is COc1ccc(CCCCNC(=O)c2ccccc2OC)cc1. The van der Waals surface area contributed by atoms with Crippen molar-refractivity contribution in [3.63, 3.8) is 0 Å². The molecule has 0 aromatic heterocycles. The lowest BCUT2D eigenvalue weighted by Gasteiger charge is -2.09. The van der Waals surface area contributed by atoms with E-state index in [2.05, 4.69) is 17.4 Å². The largest absolute Gasteiger partial charge is 0.497 e. The number of aryl methyl sites for hydroxylation is 1. The molecule has 23 heavy (non-hydrogen) atoms. The van der Waals surface area contributed by atoms with Crippen LogP contribution in [0.4, 0.5) is 0 Å². The van der Waals surface area contributed by atoms with E-state index in [1.807, 2.05) is 24.3 Å². The highest BCUT2D eigenvalue weighted by molar-refractivity contribution is 5.96. The molecule has 0 saturated carbocycles. The highest BCUT2D eigenvalue weighted by atomic mass is 16.5. The molecule has 0 aliphatic rings. The average molecular weight is 313 g/mol. The van der Waals surface area contributed by atoms with Crippen molar-refractivity contribution in [2.24, 2.45) is 0 Å². The van der Waals surface area contributed by atoms with Crippen LogP contribution in [0.25, 0.3) is 0 Å². The van der Waals surface area contributed by atoms with Crippen LogP contribution in [0, 0.1) is 0 Å². The summed E-state index contributed by atoms with van der Waals surface area (Å²) in [5.41, 5.74) is 1.85. The Bertz CT molecular complexity index is 623. The molecule has 0 heterocycles. The van der Waals surface area contributed by atoms with Gasteiger partial charge in [0, 0.05) is 6.54 Å². The minimum atomic E-state index is -0.0908. The van der Waals surface area contributed by atoms with E-state index in [1.54, 1.807) is 26.4 Å². The molecule has 0 aliphatic carbocycles. The van der Waals surface area contributed by atoms with Crippen LogP contribution < -0.4 is 14.8 Å². The third-order valence-corrected chi connectivity index (χ3v) is 3.69. The van der Waals surface area contributed by atoms with Crippen LogP contribution in [-0.2, 0) is 6.42 Å². The Hall–Kier alpha value is -2.49. The number of ether oxygens (including phenoxy) is 2. The second-order valence-electron chi connectivity index (χ2n) is 5.26. The number of benzene rings is 2. The summed E-state index contributed by atoms with van der Waals surface area (Å²) in [5, 5.41) is 2.94. The van der Waals surface area contributed by atoms with Crippen LogP contribution in [0.3, 0.4) is 0 Å². The number of amides is 1. The molecule has 0 aliphatic heterocycles. The van der Waals surface area contributed by atoms with Gasteiger partial charge in [0.05, 0.1) is 19.8 Å². The molecule has 1 amide bonds. The van der Waals surface area contributed by atoms with Gasteiger partial charge in [-0.1, -0.05) is 24.3 Å². The average Bonchev–Trinajstić information content (AvgIpc) is 2.61. The molecule has 4 nitrogen and oxygen atoms in total. The molecule has 0 unspecified atom stereocenters. The smallest absolute Gasteiger partial charge is 0.255 e. The Balaban J connectivity index is 1.71. The summed E-state index contributed by atoms with van der Waals surface area (Å²) in [5.74, 6) is 1.38. The third kappa shape index (κ3) is 5.02. The van der Waals surface area contributed by atoms with Crippen LogP contribution in [-0.4, -0.2) is 26.7 Å². The van der Waals surface area contributed by atoms with E-state index in [1.165, 1.54) is 5.56 Å². The second-order valence-corrected chi connectivity index (χ2v) is 5.26. The maximum absolute atomic E-state index is 12.1. The zero-order chi connectivity index (χ0) is 16.5. The number of hydrogen-bond donors (Lipinski definition) is 1. The summed E-state index contributed by atoms with van der Waals surface area (Å²) in [4.78, 5) is 12.1. The number of methoxy groups -OCH3 is 2. The van der Waals surface area contributed by atoms with Gasteiger partial charge in [0.1, 0.15) is 11.5 Å². The molecule has 0 fully saturated rings. The van der Waals surface area contributed by atoms with E-state index in [-0.39, 0.29) is 5.91 Å². The van der Waals surface area contributed by atoms with E-state index in [9.17, 15) is 4.79 Å². The van der Waals surface area contributed by atoms with E-state index >= 15 is 0 Å². The fourth-order valence-electron chi connectivity index (χ4n) is 2.38. The standard InChI is InChI=1S/C19H23NO3/c1-22-16-12-10-15(11-13-16)7-5-6-14-20-19(21)17-8-3-4-9-18(17)23-2/h3-4,8-13H,5-7,14H2,1-2H3,(H,20,21). The van der Waals surface area contributed by atoms with E-state index in [4.69, 9.17) is 9.47 Å². The first-order chi connectivity index (χ1) is 11.2. The number of unbranched alkanes of at least 4 members (excludes halogenated alkanes) is 1. The van der Waals surface area contributed by atoms with Crippen molar-refractivity contribution in [2.45, 2.75) is 19.3 Å². The molecule has 0 bridgehead atoms. The lowest BCUT2D eigenvalue weighted by molar-refractivity contribution is 0.0950. The molecular weight excluding hydrogens is 290 g/mol. The Kier molecular flexibility index (Phi) is 6.48. The number of hydrogen-bond acceptors (Lipinski definition) is 3. The first kappa shape index (κ1) is 16.9. The maximum atomic E-state index is 12.1. The fourth-order valence-corrected chi connectivity index (χ4v) is 2.38. The quantitative estimate of drug-likeness (QED) is 0.759. The van der Waals surface area contributed by atoms with Gasteiger partial charge < -0.3 is 14.8 Å². The normalized spacial score (nSPS) is 10.2. The van der Waals surface area contributed by atoms with Gasteiger partial charge in [0.2, 0.25) is 0 Å². The highest BCUT2D eigenvalue weighted by Gasteiger charge is 2.10. The van der Waals surface area contributed by atoms with Crippen LogP contribution in [0.15, 0.2) is 48.5 Å². The Labute approximate surface area is 137 Å². The van der Waals surface area contributed by atoms with E-state index in [0.717, 1.165) is 25.0 Å². The first-order valence-corrected chi connectivity index (χ1v) is 7.78. The molecule has 2 aromatic rings. The van der Waals surface area contributed by atoms with Crippen molar-refractivity contribution in [1.82, 2.24) is 5.32 Å². The molecular formula is C19H23NO3. The van der Waals surface area contributed by atoms with E-state index in [0.29, 0.717) is 17.9 Å². The predicted molar refractivity (Wildman–Crippen MR) is 91.3 cm³/mol. The lowest BCUT2D eigenvalue weighted by Crippen LogP contribution is -2.24. The number of carbonyl (C=O) groups excluding carboxylic acids is 1.